The molecule has 0 radical (unpaired) electrons. The number of nitrogens with zero attached hydrogens (tertiary/aromatic N) is 1. The van der Waals surface area contributed by atoms with Crippen LogP contribution in [0.4, 0.5) is 4.79 Å². The highest BCUT2D eigenvalue weighted by Gasteiger charge is 2.28. The average Bonchev–Trinajstić information content (AvgIpc) is 3.02. The van der Waals surface area contributed by atoms with Crippen molar-refractivity contribution < 1.29 is 28.8 Å². The molecule has 1 heterocycles. The van der Waals surface area contributed by atoms with E-state index in [1.165, 1.54) is 5.56 Å². The number of carbonyl (C=O) groups is 1. The van der Waals surface area contributed by atoms with Gasteiger partial charge in [-0.05, 0) is 60.9 Å². The Bertz CT molecular complexity index is 1230. The molecule has 7 heteroatoms. The predicted molar refractivity (Wildman–Crippen MR) is 168 cm³/mol. The zero-order valence-corrected chi connectivity index (χ0v) is 25.7. The zero-order chi connectivity index (χ0) is 30.3. The first kappa shape index (κ1) is 32.5. The Labute approximate surface area is 256 Å². The van der Waals surface area contributed by atoms with Crippen LogP contribution in [0.5, 0.6) is 5.75 Å². The minimum atomic E-state index is -0.861. The van der Waals surface area contributed by atoms with Crippen LogP contribution in [0.1, 0.15) is 80.7 Å². The molecule has 0 bridgehead atoms. The van der Waals surface area contributed by atoms with Crippen molar-refractivity contribution in [3.63, 3.8) is 0 Å². The fourth-order valence-corrected chi connectivity index (χ4v) is 5.09. The molecule has 1 unspecified atom stereocenters. The smallest absolute Gasteiger partial charge is 0.410 e. The molecular weight excluding hydrogens is 542 g/mol. The molecule has 1 N–H and O–H groups in total. The number of aliphatic hydroxyl groups is 1. The number of unbranched alkanes of at least 4 members (excludes halogenated alkanes) is 4. The zero-order valence-electron chi connectivity index (χ0n) is 25.7. The molecule has 1 amide bonds. The number of aliphatic hydroxyl groups excluding tert-OH is 1. The van der Waals surface area contributed by atoms with E-state index in [-0.39, 0.29) is 13.2 Å². The van der Waals surface area contributed by atoms with Gasteiger partial charge in [-0.25, -0.2) is 4.79 Å². The third-order valence-corrected chi connectivity index (χ3v) is 7.57. The second-order valence-corrected chi connectivity index (χ2v) is 11.6. The average molecular weight is 590 g/mol. The van der Waals surface area contributed by atoms with E-state index >= 15 is 0 Å². The summed E-state index contributed by atoms with van der Waals surface area (Å²) in [7, 11) is 0. The van der Waals surface area contributed by atoms with Crippen LogP contribution < -0.4 is 4.74 Å². The van der Waals surface area contributed by atoms with Crippen molar-refractivity contribution in [3.05, 3.63) is 101 Å². The van der Waals surface area contributed by atoms with E-state index in [0.29, 0.717) is 18.7 Å². The Balaban J connectivity index is 1.19. The summed E-state index contributed by atoms with van der Waals surface area (Å²) in [6.07, 6.45) is 5.84. The number of ether oxygens (including phenoxy) is 4. The summed E-state index contributed by atoms with van der Waals surface area (Å²) in [5.74, 6) is 0.0728. The van der Waals surface area contributed by atoms with Gasteiger partial charge >= 0.3 is 6.09 Å². The van der Waals surface area contributed by atoms with E-state index in [2.05, 4.69) is 24.3 Å². The molecule has 0 fully saturated rings. The van der Waals surface area contributed by atoms with Gasteiger partial charge in [-0.2, -0.15) is 0 Å². The van der Waals surface area contributed by atoms with Gasteiger partial charge in [0.05, 0.1) is 19.3 Å². The molecule has 0 spiro atoms. The number of rotatable bonds is 17. The normalized spacial score (nSPS) is 14.4. The molecule has 1 aliphatic rings. The maximum atomic E-state index is 13.1. The minimum absolute atomic E-state index is 0.145. The van der Waals surface area contributed by atoms with Crippen molar-refractivity contribution in [2.75, 3.05) is 26.3 Å². The molecule has 1 atom stereocenters. The van der Waals surface area contributed by atoms with Crippen LogP contribution in [0.15, 0.2) is 78.9 Å². The van der Waals surface area contributed by atoms with Crippen molar-refractivity contribution in [1.29, 1.82) is 0 Å². The van der Waals surface area contributed by atoms with Crippen LogP contribution in [0.25, 0.3) is 0 Å². The van der Waals surface area contributed by atoms with Gasteiger partial charge in [-0.15, -0.1) is 0 Å². The van der Waals surface area contributed by atoms with Crippen molar-refractivity contribution in [2.45, 2.75) is 83.9 Å². The third-order valence-electron chi connectivity index (χ3n) is 7.57. The number of fused-ring (bicyclic) bond motifs is 1. The molecule has 4 rings (SSSR count). The molecule has 0 saturated heterocycles. The third kappa shape index (κ3) is 11.3. The summed E-state index contributed by atoms with van der Waals surface area (Å²) >= 11 is 0. The lowest BCUT2D eigenvalue weighted by Gasteiger charge is -2.33. The number of hydrogen-bond acceptors (Lipinski definition) is 6. The van der Waals surface area contributed by atoms with Crippen LogP contribution in [-0.4, -0.2) is 48.2 Å². The van der Waals surface area contributed by atoms with E-state index in [1.54, 1.807) is 4.90 Å². The largest absolute Gasteiger partial charge is 0.463 e. The number of aryl methyl sites for hydroxylation is 1. The van der Waals surface area contributed by atoms with E-state index < -0.39 is 18.0 Å². The van der Waals surface area contributed by atoms with E-state index in [0.717, 1.165) is 75.0 Å². The molecule has 0 saturated carbocycles. The lowest BCUT2D eigenvalue weighted by atomic mass is 10.0. The van der Waals surface area contributed by atoms with Gasteiger partial charge < -0.3 is 29.0 Å². The van der Waals surface area contributed by atoms with E-state index in [4.69, 9.17) is 18.9 Å². The molecule has 0 aromatic heterocycles. The van der Waals surface area contributed by atoms with Gasteiger partial charge in [0.25, 0.3) is 0 Å². The summed E-state index contributed by atoms with van der Waals surface area (Å²) in [6.45, 7) is 6.56. The topological polar surface area (TPSA) is 77.5 Å². The Morgan fingerprint density at radius 1 is 0.884 bits per heavy atom. The molecule has 3 aromatic carbocycles. The van der Waals surface area contributed by atoms with Crippen LogP contribution in [-0.2, 0) is 33.8 Å². The highest BCUT2D eigenvalue weighted by molar-refractivity contribution is 5.67. The second kappa shape index (κ2) is 17.0. The molecule has 1 aliphatic heterocycles. The lowest BCUT2D eigenvalue weighted by molar-refractivity contribution is -0.180. The number of hydrogen-bond donors (Lipinski definition) is 1. The van der Waals surface area contributed by atoms with Crippen LogP contribution in [0.3, 0.4) is 0 Å². The highest BCUT2D eigenvalue weighted by Crippen LogP contribution is 2.33. The van der Waals surface area contributed by atoms with Crippen LogP contribution in [0, 0.1) is 0 Å². The van der Waals surface area contributed by atoms with E-state index in [9.17, 15) is 9.90 Å². The monoisotopic (exact) mass is 589 g/mol. The number of carbonyl (C=O) groups excluding carboxylic acids is 1. The second-order valence-electron chi connectivity index (χ2n) is 11.6. The first-order chi connectivity index (χ1) is 20.9. The standard InChI is InChI=1S/C36H47NO6/c1-36(2)42-28-32-25-31(20-21-34(32)43-36)33(38)26-37(35(39)41-27-30-18-9-6-10-19-30)22-12-3-4-13-23-40-24-14-11-17-29-15-7-5-8-16-29/h5-10,15-16,18-21,25,33,38H,3-4,11-14,17,22-24,26-28H2,1-2H3. The van der Waals surface area contributed by atoms with Crippen molar-refractivity contribution in [1.82, 2.24) is 4.90 Å². The Morgan fingerprint density at radius 3 is 2.30 bits per heavy atom. The minimum Gasteiger partial charge on any atom is -0.463 e. The molecular formula is C36H47NO6. The summed E-state index contributed by atoms with van der Waals surface area (Å²) in [4.78, 5) is 14.7. The number of amides is 1. The first-order valence-electron chi connectivity index (χ1n) is 15.6. The maximum Gasteiger partial charge on any atom is 0.410 e. The molecule has 43 heavy (non-hydrogen) atoms. The van der Waals surface area contributed by atoms with Crippen molar-refractivity contribution in [2.24, 2.45) is 0 Å². The Hall–Kier alpha value is -3.39. The van der Waals surface area contributed by atoms with Gasteiger partial charge in [-0.1, -0.05) is 79.6 Å². The van der Waals surface area contributed by atoms with Gasteiger partial charge in [-0.3, -0.25) is 0 Å². The molecule has 3 aromatic rings. The van der Waals surface area contributed by atoms with Gasteiger partial charge in [0.15, 0.2) is 0 Å². The summed E-state index contributed by atoms with van der Waals surface area (Å²) in [6, 6.07) is 25.8. The van der Waals surface area contributed by atoms with Gasteiger partial charge in [0, 0.05) is 39.2 Å². The van der Waals surface area contributed by atoms with Crippen LogP contribution in [0.2, 0.25) is 0 Å². The predicted octanol–water partition coefficient (Wildman–Crippen LogP) is 7.60. The summed E-state index contributed by atoms with van der Waals surface area (Å²) in [5, 5.41) is 11.1. The Kier molecular flexibility index (Phi) is 12.9. The number of benzene rings is 3. The molecule has 7 nitrogen and oxygen atoms in total. The van der Waals surface area contributed by atoms with E-state index in [1.807, 2.05) is 68.4 Å². The van der Waals surface area contributed by atoms with Crippen molar-refractivity contribution in [3.8, 4) is 5.75 Å². The molecule has 0 aliphatic carbocycles. The summed E-state index contributed by atoms with van der Waals surface area (Å²) in [5.41, 5.74) is 3.90. The summed E-state index contributed by atoms with van der Waals surface area (Å²) < 4.78 is 23.1. The SMILES string of the molecule is CC1(C)OCc2cc(C(O)CN(CCCCCCOCCCCc3ccccc3)C(=O)OCc3ccccc3)ccc2O1. The molecule has 232 valence electrons. The quantitative estimate of drug-likeness (QED) is 0.163. The Morgan fingerprint density at radius 2 is 1.56 bits per heavy atom. The van der Waals surface area contributed by atoms with Crippen LogP contribution >= 0.6 is 0 Å². The lowest BCUT2D eigenvalue weighted by Crippen LogP contribution is -2.36. The van der Waals surface area contributed by atoms with Gasteiger partial charge in [0.1, 0.15) is 12.4 Å². The fraction of sp³-hybridized carbons (Fsp3) is 0.472. The van der Waals surface area contributed by atoms with Gasteiger partial charge in [0.2, 0.25) is 5.79 Å². The maximum absolute atomic E-state index is 13.1. The fourth-order valence-electron chi connectivity index (χ4n) is 5.09. The van der Waals surface area contributed by atoms with Crippen molar-refractivity contribution >= 4 is 6.09 Å². The highest BCUT2D eigenvalue weighted by atomic mass is 16.7. The first-order valence-corrected chi connectivity index (χ1v) is 15.6.